The van der Waals surface area contributed by atoms with Gasteiger partial charge in [0.2, 0.25) is 11.8 Å². The number of carbonyl (C=O) groups excluding carboxylic acids is 2. The van der Waals surface area contributed by atoms with Crippen LogP contribution < -0.4 is 19.9 Å². The summed E-state index contributed by atoms with van der Waals surface area (Å²) in [6.45, 7) is 2.78. The molecule has 2 rings (SSSR count). The Balaban J connectivity index is 2.10. The van der Waals surface area contributed by atoms with E-state index >= 15 is 0 Å². The van der Waals surface area contributed by atoms with E-state index in [4.69, 9.17) is 32.5 Å². The van der Waals surface area contributed by atoms with Crippen LogP contribution in [0.25, 0.3) is 0 Å². The highest BCUT2D eigenvalue weighted by Gasteiger charge is 2.11. The average Bonchev–Trinajstić information content (AvgIpc) is 2.51. The first-order chi connectivity index (χ1) is 11.8. The summed E-state index contributed by atoms with van der Waals surface area (Å²) in [4.78, 5) is 22.5. The van der Waals surface area contributed by atoms with E-state index < -0.39 is 0 Å². The zero-order valence-electron chi connectivity index (χ0n) is 13.6. The molecule has 0 bridgehead atoms. The monoisotopic (exact) mass is 380 g/mol. The highest BCUT2D eigenvalue weighted by molar-refractivity contribution is 6.31. The molecule has 2 aromatic carbocycles. The van der Waals surface area contributed by atoms with Crippen LogP contribution in [0, 0.1) is 0 Å². The van der Waals surface area contributed by atoms with Crippen LogP contribution in [-0.2, 0) is 9.59 Å². The minimum atomic E-state index is -0.240. The van der Waals surface area contributed by atoms with E-state index in [9.17, 15) is 9.59 Å². The van der Waals surface area contributed by atoms with Gasteiger partial charge in [0.1, 0.15) is 11.5 Å². The fraction of sp³-hybridized carbons (Fsp3) is 0.125. The average molecular weight is 381 g/mol. The van der Waals surface area contributed by atoms with E-state index in [0.717, 1.165) is 0 Å². The molecule has 0 fully saturated rings. The van der Waals surface area contributed by atoms with Crippen molar-refractivity contribution < 1.29 is 18.9 Å². The van der Waals surface area contributed by atoms with E-state index in [1.54, 1.807) is 36.4 Å². The number of anilines is 2. The van der Waals surface area contributed by atoms with E-state index in [1.807, 2.05) is 0 Å². The highest BCUT2D eigenvalue weighted by atomic mass is 35.5. The number of hydrogen-bond acceptors (Lipinski definition) is 4. The number of amides is 2. The maximum atomic E-state index is 11.2. The molecule has 6 nitrogen and oxygen atoms in total. The quantitative estimate of drug-likeness (QED) is 0.750. The van der Waals surface area contributed by atoms with Crippen LogP contribution in [0.15, 0.2) is 36.4 Å². The molecular formula is C16H15BCl2N2O4. The van der Waals surface area contributed by atoms with Gasteiger partial charge in [-0.3, -0.25) is 9.59 Å². The molecule has 0 atom stereocenters. The van der Waals surface area contributed by atoms with Crippen molar-refractivity contribution in [2.75, 3.05) is 10.6 Å². The first-order valence-electron chi connectivity index (χ1n) is 7.25. The van der Waals surface area contributed by atoms with E-state index in [-0.39, 0.29) is 19.5 Å². The van der Waals surface area contributed by atoms with Crippen molar-refractivity contribution in [3.05, 3.63) is 46.4 Å². The molecule has 0 aliphatic carbocycles. The number of halogens is 2. The molecule has 0 aromatic heterocycles. The number of rotatable bonds is 6. The van der Waals surface area contributed by atoms with Crippen LogP contribution in [-0.4, -0.2) is 19.5 Å². The van der Waals surface area contributed by atoms with Gasteiger partial charge in [-0.05, 0) is 36.4 Å². The van der Waals surface area contributed by atoms with Crippen LogP contribution in [0.5, 0.6) is 11.5 Å². The van der Waals surface area contributed by atoms with Gasteiger partial charge in [0.05, 0.1) is 11.4 Å². The normalized spacial score (nSPS) is 9.92. The van der Waals surface area contributed by atoms with Gasteiger partial charge in [0.15, 0.2) is 0 Å². The molecule has 2 amide bonds. The largest absolute Gasteiger partial charge is 0.576 e. The van der Waals surface area contributed by atoms with Crippen molar-refractivity contribution in [1.82, 2.24) is 0 Å². The number of carbonyl (C=O) groups is 2. The van der Waals surface area contributed by atoms with Gasteiger partial charge in [0.25, 0.3) is 0 Å². The van der Waals surface area contributed by atoms with Gasteiger partial charge in [0, 0.05) is 23.9 Å². The molecule has 2 aromatic rings. The fourth-order valence-electron chi connectivity index (χ4n) is 1.97. The fourth-order valence-corrected chi connectivity index (χ4v) is 2.30. The Bertz CT molecular complexity index is 736. The molecule has 9 heteroatoms. The van der Waals surface area contributed by atoms with Crippen molar-refractivity contribution in [3.63, 3.8) is 0 Å². The Morgan fingerprint density at radius 2 is 1.24 bits per heavy atom. The number of nitrogens with one attached hydrogen (secondary N) is 2. The van der Waals surface area contributed by atoms with E-state index in [2.05, 4.69) is 10.6 Å². The summed E-state index contributed by atoms with van der Waals surface area (Å²) in [5, 5.41) is 6.18. The minimum Gasteiger partial charge on any atom is -0.527 e. The Labute approximate surface area is 155 Å². The lowest BCUT2D eigenvalue weighted by Crippen LogP contribution is -2.15. The SMILES string of the molecule is CC(=O)Nc1ccc(Cl)cc1OBOc1cc(Cl)ccc1NC(C)=O. The minimum absolute atomic E-state index is 0.181. The lowest BCUT2D eigenvalue weighted by Gasteiger charge is -2.14. The van der Waals surface area contributed by atoms with Gasteiger partial charge >= 0.3 is 7.69 Å². The number of hydrogen-bond donors (Lipinski definition) is 2. The summed E-state index contributed by atoms with van der Waals surface area (Å²) >= 11 is 11.9. The first-order valence-corrected chi connectivity index (χ1v) is 8.00. The maximum absolute atomic E-state index is 11.2. The summed E-state index contributed by atoms with van der Waals surface area (Å²) in [5.74, 6) is 0.225. The van der Waals surface area contributed by atoms with Crippen molar-refractivity contribution in [2.24, 2.45) is 0 Å². The Morgan fingerprint density at radius 1 is 0.840 bits per heavy atom. The van der Waals surface area contributed by atoms with Crippen LogP contribution in [0.2, 0.25) is 10.0 Å². The van der Waals surface area contributed by atoms with E-state index in [1.165, 1.54) is 13.8 Å². The van der Waals surface area contributed by atoms with Crippen LogP contribution in [0.1, 0.15) is 13.8 Å². The third-order valence-corrected chi connectivity index (χ3v) is 3.41. The summed E-state index contributed by atoms with van der Waals surface area (Å²) in [6, 6.07) is 9.63. The first kappa shape index (κ1) is 19.0. The predicted octanol–water partition coefficient (Wildman–Crippen LogP) is 3.63. The molecule has 25 heavy (non-hydrogen) atoms. The van der Waals surface area contributed by atoms with Crippen molar-refractivity contribution in [1.29, 1.82) is 0 Å². The zero-order chi connectivity index (χ0) is 18.4. The lowest BCUT2D eigenvalue weighted by atomic mass is 10.2. The van der Waals surface area contributed by atoms with Gasteiger partial charge in [-0.25, -0.2) is 0 Å². The van der Waals surface area contributed by atoms with Gasteiger partial charge in [-0.15, -0.1) is 0 Å². The van der Waals surface area contributed by atoms with Crippen molar-refractivity contribution in [3.8, 4) is 11.5 Å². The van der Waals surface area contributed by atoms with Gasteiger partial charge < -0.3 is 19.9 Å². The topological polar surface area (TPSA) is 76.7 Å². The molecule has 130 valence electrons. The van der Waals surface area contributed by atoms with Crippen molar-refractivity contribution in [2.45, 2.75) is 13.8 Å². The Kier molecular flexibility index (Phi) is 6.55. The molecule has 0 heterocycles. The Hall–Kier alpha value is -2.38. The smallest absolute Gasteiger partial charge is 0.527 e. The summed E-state index contributed by atoms with van der Waals surface area (Å²) in [7, 11) is -0.181. The molecule has 2 N–H and O–H groups in total. The lowest BCUT2D eigenvalue weighted by molar-refractivity contribution is -0.115. The third kappa shape index (κ3) is 5.88. The summed E-state index contributed by atoms with van der Waals surface area (Å²) in [6.07, 6.45) is 0. The molecule has 0 saturated carbocycles. The molecular weight excluding hydrogens is 366 g/mol. The van der Waals surface area contributed by atoms with Gasteiger partial charge in [-0.1, -0.05) is 23.2 Å². The van der Waals surface area contributed by atoms with Gasteiger partial charge in [-0.2, -0.15) is 0 Å². The second-order valence-electron chi connectivity index (χ2n) is 5.05. The van der Waals surface area contributed by atoms with E-state index in [0.29, 0.717) is 32.9 Å². The molecule has 0 unspecified atom stereocenters. The highest BCUT2D eigenvalue weighted by Crippen LogP contribution is 2.30. The zero-order valence-corrected chi connectivity index (χ0v) is 15.1. The predicted molar refractivity (Wildman–Crippen MR) is 99.9 cm³/mol. The third-order valence-electron chi connectivity index (χ3n) is 2.94. The van der Waals surface area contributed by atoms with Crippen molar-refractivity contribution >= 4 is 54.1 Å². The molecule has 0 aliphatic heterocycles. The maximum Gasteiger partial charge on any atom is 0.576 e. The second-order valence-corrected chi connectivity index (χ2v) is 5.92. The standard InChI is InChI=1S/C16H15BCl2N2O4/c1-9(22)20-13-5-3-11(18)7-15(13)24-17-25-16-8-12(19)4-6-14(16)21-10(2)23/h3-8,17H,1-2H3,(H,20,22)(H,21,23). The molecule has 0 radical (unpaired) electrons. The Morgan fingerprint density at radius 3 is 1.60 bits per heavy atom. The number of benzene rings is 2. The van der Waals surface area contributed by atoms with Crippen LogP contribution >= 0.6 is 23.2 Å². The molecule has 0 aliphatic rings. The molecule has 0 spiro atoms. The van der Waals surface area contributed by atoms with Crippen LogP contribution in [0.4, 0.5) is 11.4 Å². The second kappa shape index (κ2) is 8.64. The summed E-state index contributed by atoms with van der Waals surface area (Å²) in [5.41, 5.74) is 0.933. The molecule has 0 saturated heterocycles. The summed E-state index contributed by atoms with van der Waals surface area (Å²) < 4.78 is 11.1. The van der Waals surface area contributed by atoms with Crippen LogP contribution in [0.3, 0.4) is 0 Å².